The van der Waals surface area contributed by atoms with Crippen LogP contribution in [0.3, 0.4) is 0 Å². The first-order valence-electron chi connectivity index (χ1n) is 3.83. The Bertz CT molecular complexity index is 121. The summed E-state index contributed by atoms with van der Waals surface area (Å²) in [5, 5.41) is 3.07. The van der Waals surface area contributed by atoms with Gasteiger partial charge in [0.25, 0.3) is 6.43 Å². The third-order valence-electron chi connectivity index (χ3n) is 1.79. The molecule has 2 unspecified atom stereocenters. The van der Waals surface area contributed by atoms with Crippen LogP contribution >= 0.6 is 0 Å². The summed E-state index contributed by atoms with van der Waals surface area (Å²) in [6.07, 6.45) is -2.82. The van der Waals surface area contributed by atoms with E-state index in [-0.39, 0.29) is 6.04 Å². The molecule has 1 heterocycles. The number of hydrogen-bond donors (Lipinski definition) is 1. The maximum Gasteiger partial charge on any atom is 0.264 e. The number of ether oxygens (including phenoxy) is 1. The first-order chi connectivity index (χ1) is 5.20. The van der Waals surface area contributed by atoms with Crippen LogP contribution < -0.4 is 5.32 Å². The van der Waals surface area contributed by atoms with Gasteiger partial charge in [-0.1, -0.05) is 0 Å². The van der Waals surface area contributed by atoms with E-state index in [0.717, 1.165) is 0 Å². The third-order valence-corrected chi connectivity index (χ3v) is 1.79. The Kier molecular flexibility index (Phi) is 3.20. The Labute approximate surface area is 64.9 Å². The standard InChI is InChI=1S/C7H13F2NO/c1-5-4-6(7(8)9)11-3-2-10-5/h5-7,10H,2-4H2,1H3. The van der Waals surface area contributed by atoms with Crippen molar-refractivity contribution in [3.05, 3.63) is 0 Å². The Balaban J connectivity index is 2.39. The average Bonchev–Trinajstić information content (AvgIpc) is 2.13. The zero-order chi connectivity index (χ0) is 8.27. The molecule has 0 bridgehead atoms. The summed E-state index contributed by atoms with van der Waals surface area (Å²) in [5.74, 6) is 0. The molecule has 2 atom stereocenters. The van der Waals surface area contributed by atoms with E-state index in [2.05, 4.69) is 5.32 Å². The summed E-state index contributed by atoms with van der Waals surface area (Å²) < 4.78 is 29.2. The molecule has 0 radical (unpaired) electrons. The molecular weight excluding hydrogens is 152 g/mol. The maximum absolute atomic E-state index is 12.1. The van der Waals surface area contributed by atoms with Crippen LogP contribution in [0.15, 0.2) is 0 Å². The summed E-state index contributed by atoms with van der Waals surface area (Å²) in [6.45, 7) is 2.95. The van der Waals surface area contributed by atoms with Crippen molar-refractivity contribution >= 4 is 0 Å². The number of hydrogen-bond acceptors (Lipinski definition) is 2. The lowest BCUT2D eigenvalue weighted by Crippen LogP contribution is -2.29. The second-order valence-electron chi connectivity index (χ2n) is 2.83. The summed E-state index contributed by atoms with van der Waals surface area (Å²) in [7, 11) is 0. The van der Waals surface area contributed by atoms with Crippen LogP contribution in [0.25, 0.3) is 0 Å². The van der Waals surface area contributed by atoms with Crippen LogP contribution in [-0.4, -0.2) is 31.7 Å². The van der Waals surface area contributed by atoms with Crippen LogP contribution in [0, 0.1) is 0 Å². The van der Waals surface area contributed by atoms with Crippen molar-refractivity contribution in [3.8, 4) is 0 Å². The first-order valence-corrected chi connectivity index (χ1v) is 3.83. The van der Waals surface area contributed by atoms with E-state index in [1.54, 1.807) is 0 Å². The van der Waals surface area contributed by atoms with Crippen molar-refractivity contribution in [2.24, 2.45) is 0 Å². The number of alkyl halides is 2. The SMILES string of the molecule is CC1CC(C(F)F)OCCN1. The summed E-state index contributed by atoms with van der Waals surface area (Å²) in [6, 6.07) is 0.136. The number of rotatable bonds is 1. The van der Waals surface area contributed by atoms with Gasteiger partial charge in [0, 0.05) is 12.6 Å². The van der Waals surface area contributed by atoms with Gasteiger partial charge in [-0.05, 0) is 13.3 Å². The second kappa shape index (κ2) is 3.97. The topological polar surface area (TPSA) is 21.3 Å². The van der Waals surface area contributed by atoms with E-state index in [4.69, 9.17) is 4.74 Å². The zero-order valence-corrected chi connectivity index (χ0v) is 6.52. The number of halogens is 2. The highest BCUT2D eigenvalue weighted by atomic mass is 19.3. The highest BCUT2D eigenvalue weighted by Crippen LogP contribution is 2.13. The minimum Gasteiger partial charge on any atom is -0.371 e. The van der Waals surface area contributed by atoms with E-state index in [1.807, 2.05) is 6.92 Å². The average molecular weight is 165 g/mol. The molecule has 1 fully saturated rings. The Morgan fingerprint density at radius 2 is 2.27 bits per heavy atom. The van der Waals surface area contributed by atoms with Crippen molar-refractivity contribution in [1.29, 1.82) is 0 Å². The zero-order valence-electron chi connectivity index (χ0n) is 6.52. The fourth-order valence-electron chi connectivity index (χ4n) is 1.19. The lowest BCUT2D eigenvalue weighted by Gasteiger charge is -2.15. The molecule has 11 heavy (non-hydrogen) atoms. The quantitative estimate of drug-likeness (QED) is 0.626. The fourth-order valence-corrected chi connectivity index (χ4v) is 1.19. The molecule has 1 aliphatic rings. The van der Waals surface area contributed by atoms with E-state index >= 15 is 0 Å². The van der Waals surface area contributed by atoms with Gasteiger partial charge in [-0.2, -0.15) is 0 Å². The second-order valence-corrected chi connectivity index (χ2v) is 2.83. The molecule has 4 heteroatoms. The maximum atomic E-state index is 12.1. The predicted molar refractivity (Wildman–Crippen MR) is 37.8 cm³/mol. The van der Waals surface area contributed by atoms with Gasteiger partial charge in [0.2, 0.25) is 0 Å². The van der Waals surface area contributed by atoms with Gasteiger partial charge in [0.15, 0.2) is 0 Å². The normalized spacial score (nSPS) is 33.8. The van der Waals surface area contributed by atoms with Crippen molar-refractivity contribution < 1.29 is 13.5 Å². The molecule has 0 spiro atoms. The highest BCUT2D eigenvalue weighted by Gasteiger charge is 2.25. The van der Waals surface area contributed by atoms with Gasteiger partial charge in [-0.3, -0.25) is 0 Å². The molecule has 0 aromatic carbocycles. The van der Waals surface area contributed by atoms with Crippen molar-refractivity contribution in [1.82, 2.24) is 5.32 Å². The number of nitrogens with one attached hydrogen (secondary N) is 1. The van der Waals surface area contributed by atoms with E-state index in [0.29, 0.717) is 19.6 Å². The Morgan fingerprint density at radius 1 is 1.55 bits per heavy atom. The van der Waals surface area contributed by atoms with Crippen molar-refractivity contribution in [3.63, 3.8) is 0 Å². The molecule has 0 aromatic rings. The molecule has 1 aliphatic heterocycles. The largest absolute Gasteiger partial charge is 0.371 e. The Hall–Kier alpha value is -0.220. The van der Waals surface area contributed by atoms with Crippen molar-refractivity contribution in [2.75, 3.05) is 13.2 Å². The summed E-state index contributed by atoms with van der Waals surface area (Å²) >= 11 is 0. The summed E-state index contributed by atoms with van der Waals surface area (Å²) in [4.78, 5) is 0. The van der Waals surface area contributed by atoms with Crippen LogP contribution in [0.1, 0.15) is 13.3 Å². The van der Waals surface area contributed by atoms with Gasteiger partial charge >= 0.3 is 0 Å². The Morgan fingerprint density at radius 3 is 2.91 bits per heavy atom. The van der Waals surface area contributed by atoms with E-state index < -0.39 is 12.5 Å². The molecular formula is C7H13F2NO. The molecule has 1 rings (SSSR count). The molecule has 2 nitrogen and oxygen atoms in total. The monoisotopic (exact) mass is 165 g/mol. The molecule has 1 saturated heterocycles. The van der Waals surface area contributed by atoms with Crippen LogP contribution in [-0.2, 0) is 4.74 Å². The van der Waals surface area contributed by atoms with Crippen LogP contribution in [0.4, 0.5) is 8.78 Å². The fraction of sp³-hybridized carbons (Fsp3) is 1.00. The van der Waals surface area contributed by atoms with Crippen molar-refractivity contribution in [2.45, 2.75) is 31.9 Å². The molecule has 0 aliphatic carbocycles. The minimum absolute atomic E-state index is 0.136. The van der Waals surface area contributed by atoms with Gasteiger partial charge in [0.05, 0.1) is 6.61 Å². The molecule has 0 amide bonds. The molecule has 1 N–H and O–H groups in total. The predicted octanol–water partition coefficient (Wildman–Crippen LogP) is 1.02. The molecule has 0 aromatic heterocycles. The minimum atomic E-state index is -2.35. The van der Waals surface area contributed by atoms with Gasteiger partial charge in [-0.15, -0.1) is 0 Å². The van der Waals surface area contributed by atoms with Crippen LogP contribution in [0.5, 0.6) is 0 Å². The first kappa shape index (κ1) is 8.87. The van der Waals surface area contributed by atoms with E-state index in [1.165, 1.54) is 0 Å². The smallest absolute Gasteiger partial charge is 0.264 e. The van der Waals surface area contributed by atoms with Crippen LogP contribution in [0.2, 0.25) is 0 Å². The molecule has 0 saturated carbocycles. The lowest BCUT2D eigenvalue weighted by atomic mass is 10.1. The van der Waals surface area contributed by atoms with Gasteiger partial charge < -0.3 is 10.1 Å². The van der Waals surface area contributed by atoms with E-state index in [9.17, 15) is 8.78 Å². The highest BCUT2D eigenvalue weighted by molar-refractivity contribution is 4.73. The van der Waals surface area contributed by atoms with Gasteiger partial charge in [-0.25, -0.2) is 8.78 Å². The molecule has 66 valence electrons. The van der Waals surface area contributed by atoms with Gasteiger partial charge in [0.1, 0.15) is 6.10 Å². The lowest BCUT2D eigenvalue weighted by molar-refractivity contribution is -0.0515. The third kappa shape index (κ3) is 2.71. The summed E-state index contributed by atoms with van der Waals surface area (Å²) in [5.41, 5.74) is 0.